The van der Waals surface area contributed by atoms with Crippen LogP contribution in [0.15, 0.2) is 12.1 Å². The van der Waals surface area contributed by atoms with Crippen LogP contribution < -0.4 is 9.47 Å². The number of carbonyl (C=O) groups is 1. The molecular weight excluding hydrogens is 420 g/mol. The lowest BCUT2D eigenvalue weighted by atomic mass is 9.81. The maximum Gasteiger partial charge on any atom is 0.395 e. The zero-order chi connectivity index (χ0) is 22.6. The van der Waals surface area contributed by atoms with E-state index < -0.39 is 41.1 Å². The average molecular weight is 448 g/mol. The highest BCUT2D eigenvalue weighted by atomic mass is 19.3. The molecule has 2 aliphatic rings. The minimum absolute atomic E-state index is 0.189. The normalized spacial score (nSPS) is 27.0. The third-order valence-corrected chi connectivity index (χ3v) is 5.65. The Kier molecular flexibility index (Phi) is 7.80. The topological polar surface area (TPSA) is 54.0 Å². The molecule has 3 rings (SSSR count). The van der Waals surface area contributed by atoms with E-state index in [-0.39, 0.29) is 12.2 Å². The van der Waals surface area contributed by atoms with E-state index in [9.17, 15) is 22.4 Å². The summed E-state index contributed by atoms with van der Waals surface area (Å²) >= 11 is 0. The molecule has 1 aliphatic heterocycles. The fourth-order valence-corrected chi connectivity index (χ4v) is 4.10. The predicted molar refractivity (Wildman–Crippen MR) is 103 cm³/mol. The highest BCUT2D eigenvalue weighted by Crippen LogP contribution is 2.36. The Morgan fingerprint density at radius 1 is 1.10 bits per heavy atom. The van der Waals surface area contributed by atoms with Gasteiger partial charge in [0, 0.05) is 30.9 Å². The van der Waals surface area contributed by atoms with Crippen molar-refractivity contribution < 1.29 is 41.3 Å². The number of alkyl halides is 2. The Labute approximate surface area is 179 Å². The molecule has 1 aromatic carbocycles. The van der Waals surface area contributed by atoms with Crippen LogP contribution in [0.4, 0.5) is 17.6 Å². The lowest BCUT2D eigenvalue weighted by Gasteiger charge is -2.37. The molecule has 1 saturated heterocycles. The zero-order valence-electron chi connectivity index (χ0n) is 17.7. The van der Waals surface area contributed by atoms with E-state index in [0.29, 0.717) is 63.9 Å². The number of ether oxygens (including phenoxy) is 4. The first-order chi connectivity index (χ1) is 14.7. The number of benzene rings is 1. The molecule has 0 amide bonds. The molecule has 0 aromatic heterocycles. The summed E-state index contributed by atoms with van der Waals surface area (Å²) in [6.07, 6.45) is 0.649. The summed E-state index contributed by atoms with van der Waals surface area (Å²) in [4.78, 5) is 12.4. The predicted octanol–water partition coefficient (Wildman–Crippen LogP) is 5.46. The first-order valence-corrected chi connectivity index (χ1v) is 10.7. The van der Waals surface area contributed by atoms with E-state index in [4.69, 9.17) is 14.2 Å². The Balaban J connectivity index is 1.50. The van der Waals surface area contributed by atoms with Crippen molar-refractivity contribution in [3.8, 4) is 11.5 Å². The van der Waals surface area contributed by atoms with Crippen LogP contribution in [0.3, 0.4) is 0 Å². The molecule has 31 heavy (non-hydrogen) atoms. The molecule has 0 unspecified atom stereocenters. The second kappa shape index (κ2) is 10.2. The van der Waals surface area contributed by atoms with E-state index in [0.717, 1.165) is 12.8 Å². The van der Waals surface area contributed by atoms with Gasteiger partial charge in [0.15, 0.2) is 23.7 Å². The van der Waals surface area contributed by atoms with Crippen LogP contribution in [-0.4, -0.2) is 31.6 Å². The molecule has 1 saturated carbocycles. The summed E-state index contributed by atoms with van der Waals surface area (Å²) in [6.45, 7) is 3.85. The molecule has 5 nitrogen and oxygen atoms in total. The van der Waals surface area contributed by atoms with E-state index in [2.05, 4.69) is 11.7 Å². The molecular formula is C22H28F4O5. The molecule has 0 radical (unpaired) electrons. The van der Waals surface area contributed by atoms with Gasteiger partial charge in [0.1, 0.15) is 5.75 Å². The zero-order valence-corrected chi connectivity index (χ0v) is 17.7. The quantitative estimate of drug-likeness (QED) is 0.315. The van der Waals surface area contributed by atoms with Crippen molar-refractivity contribution >= 4 is 5.97 Å². The Bertz CT molecular complexity index is 728. The molecule has 9 heteroatoms. The van der Waals surface area contributed by atoms with Gasteiger partial charge in [-0.25, -0.2) is 8.78 Å². The van der Waals surface area contributed by atoms with E-state index in [1.54, 1.807) is 0 Å². The summed E-state index contributed by atoms with van der Waals surface area (Å²) in [7, 11) is 0. The monoisotopic (exact) mass is 448 g/mol. The summed E-state index contributed by atoms with van der Waals surface area (Å²) in [5.74, 6) is -4.78. The highest BCUT2D eigenvalue weighted by Gasteiger charge is 2.35. The van der Waals surface area contributed by atoms with Gasteiger partial charge in [0.2, 0.25) is 0 Å². The molecule has 0 bridgehead atoms. The van der Waals surface area contributed by atoms with Crippen LogP contribution in [0.2, 0.25) is 0 Å². The molecule has 2 fully saturated rings. The van der Waals surface area contributed by atoms with Crippen molar-refractivity contribution in [3.63, 3.8) is 0 Å². The van der Waals surface area contributed by atoms with Gasteiger partial charge in [-0.3, -0.25) is 4.79 Å². The molecule has 1 aliphatic carbocycles. The fraction of sp³-hybridized carbons (Fsp3) is 0.682. The van der Waals surface area contributed by atoms with Crippen LogP contribution in [0.1, 0.15) is 52.4 Å². The van der Waals surface area contributed by atoms with Gasteiger partial charge in [-0.05, 0) is 32.1 Å². The van der Waals surface area contributed by atoms with Crippen LogP contribution >= 0.6 is 0 Å². The van der Waals surface area contributed by atoms with Crippen LogP contribution in [0, 0.1) is 29.4 Å². The Morgan fingerprint density at radius 2 is 1.68 bits per heavy atom. The van der Waals surface area contributed by atoms with Gasteiger partial charge < -0.3 is 18.9 Å². The van der Waals surface area contributed by atoms with E-state index in [1.807, 2.05) is 0 Å². The number of rotatable bonds is 7. The average Bonchev–Trinajstić information content (AvgIpc) is 2.71. The number of hydrogen-bond acceptors (Lipinski definition) is 5. The third-order valence-electron chi connectivity index (χ3n) is 5.65. The van der Waals surface area contributed by atoms with Gasteiger partial charge in [-0.1, -0.05) is 13.3 Å². The third kappa shape index (κ3) is 6.55. The Hall–Kier alpha value is -1.87. The lowest BCUT2D eigenvalue weighted by molar-refractivity contribution is -0.230. The molecule has 174 valence electrons. The number of esters is 1. The highest BCUT2D eigenvalue weighted by molar-refractivity contribution is 5.75. The number of halogens is 4. The lowest BCUT2D eigenvalue weighted by Crippen LogP contribution is -2.39. The van der Waals surface area contributed by atoms with Gasteiger partial charge in [0.25, 0.3) is 0 Å². The second-order valence-electron chi connectivity index (χ2n) is 8.35. The van der Waals surface area contributed by atoms with Crippen LogP contribution in [-0.2, 0) is 14.3 Å². The fourth-order valence-electron chi connectivity index (χ4n) is 4.10. The molecule has 0 atom stereocenters. The Morgan fingerprint density at radius 3 is 2.19 bits per heavy atom. The van der Waals surface area contributed by atoms with Crippen molar-refractivity contribution in [2.75, 3.05) is 13.2 Å². The molecule has 0 spiro atoms. The summed E-state index contributed by atoms with van der Waals surface area (Å²) in [6, 6.07) is 1.31. The van der Waals surface area contributed by atoms with Gasteiger partial charge in [0.05, 0.1) is 19.1 Å². The maximum atomic E-state index is 13.9. The van der Waals surface area contributed by atoms with Crippen molar-refractivity contribution in [2.24, 2.45) is 17.8 Å². The number of carbonyl (C=O) groups excluding carboxylic acids is 1. The van der Waals surface area contributed by atoms with Gasteiger partial charge in [-0.15, -0.1) is 0 Å². The van der Waals surface area contributed by atoms with Crippen molar-refractivity contribution in [1.29, 1.82) is 0 Å². The SMILES string of the molecule is CCCC1COC(C2CCC(C(=O)Oc3cc(F)c(OC(C)(F)F)c(F)c3)CC2)OC1. The first kappa shape index (κ1) is 23.8. The first-order valence-electron chi connectivity index (χ1n) is 10.7. The standard InChI is InChI=1S/C22H28F4O5/c1-3-4-13-11-28-21(29-12-13)15-7-5-14(6-8-15)20(27)30-16-9-17(23)19(18(24)10-16)31-22(2,25)26/h9-10,13-15,21H,3-8,11-12H2,1-2H3. The molecule has 1 aromatic rings. The summed E-state index contributed by atoms with van der Waals surface area (Å²) in [5.41, 5.74) is 0. The van der Waals surface area contributed by atoms with Crippen molar-refractivity contribution in [3.05, 3.63) is 23.8 Å². The minimum atomic E-state index is -3.75. The largest absolute Gasteiger partial charge is 0.426 e. The minimum Gasteiger partial charge on any atom is -0.426 e. The van der Waals surface area contributed by atoms with Crippen LogP contribution in [0.5, 0.6) is 11.5 Å². The summed E-state index contributed by atoms with van der Waals surface area (Å²) in [5, 5.41) is 0. The van der Waals surface area contributed by atoms with E-state index >= 15 is 0 Å². The maximum absolute atomic E-state index is 13.9. The van der Waals surface area contributed by atoms with Gasteiger partial charge in [-0.2, -0.15) is 8.78 Å². The van der Waals surface area contributed by atoms with Gasteiger partial charge >= 0.3 is 12.1 Å². The number of hydrogen-bond donors (Lipinski definition) is 0. The summed E-state index contributed by atoms with van der Waals surface area (Å²) < 4.78 is 74.5. The van der Waals surface area contributed by atoms with Crippen molar-refractivity contribution in [2.45, 2.75) is 64.8 Å². The smallest absolute Gasteiger partial charge is 0.395 e. The second-order valence-corrected chi connectivity index (χ2v) is 8.35. The van der Waals surface area contributed by atoms with E-state index in [1.165, 1.54) is 0 Å². The molecule has 0 N–H and O–H groups in total. The molecule has 1 heterocycles. The van der Waals surface area contributed by atoms with Crippen molar-refractivity contribution in [1.82, 2.24) is 0 Å². The van der Waals surface area contributed by atoms with Crippen LogP contribution in [0.25, 0.3) is 0 Å².